The van der Waals surface area contributed by atoms with Crippen molar-refractivity contribution in [1.82, 2.24) is 9.97 Å². The molecule has 0 bridgehead atoms. The molecule has 1 heterocycles. The summed E-state index contributed by atoms with van der Waals surface area (Å²) in [5.41, 5.74) is 1.41. The Morgan fingerprint density at radius 1 is 1.25 bits per heavy atom. The lowest BCUT2D eigenvalue weighted by atomic mass is 10.1. The second-order valence-electron chi connectivity index (χ2n) is 3.25. The minimum atomic E-state index is -0.418. The van der Waals surface area contributed by atoms with Crippen LogP contribution in [0.15, 0.2) is 42.9 Å². The molecule has 0 fully saturated rings. The topological polar surface area (TPSA) is 52.1 Å². The fourth-order valence-electron chi connectivity index (χ4n) is 1.29. The monoisotopic (exact) mass is 214 g/mol. The fraction of sp³-hybridized carbons (Fsp3) is 0.0833. The number of esters is 1. The van der Waals surface area contributed by atoms with E-state index in [2.05, 4.69) is 9.97 Å². The largest absolute Gasteiger partial charge is 0.402 e. The van der Waals surface area contributed by atoms with Crippen molar-refractivity contribution < 1.29 is 9.53 Å². The summed E-state index contributed by atoms with van der Waals surface area (Å²) in [6.45, 7) is 1.85. The Morgan fingerprint density at radius 3 is 2.75 bits per heavy atom. The van der Waals surface area contributed by atoms with Crippen LogP contribution in [-0.2, 0) is 0 Å². The minimum Gasteiger partial charge on any atom is -0.402 e. The smallest absolute Gasteiger partial charge is 0.345 e. The summed E-state index contributed by atoms with van der Waals surface area (Å²) >= 11 is 0. The normalized spacial score (nSPS) is 9.81. The van der Waals surface area contributed by atoms with Crippen LogP contribution in [-0.4, -0.2) is 15.9 Å². The van der Waals surface area contributed by atoms with Crippen LogP contribution in [0.25, 0.3) is 0 Å². The SMILES string of the molecule is Cc1ccccc1C(=O)Oc1cnccn1. The van der Waals surface area contributed by atoms with Gasteiger partial charge in [0.15, 0.2) is 0 Å². The third kappa shape index (κ3) is 2.23. The number of hydrogen-bond acceptors (Lipinski definition) is 4. The first-order valence-electron chi connectivity index (χ1n) is 4.81. The molecule has 0 aliphatic rings. The van der Waals surface area contributed by atoms with Crippen LogP contribution in [0.1, 0.15) is 15.9 Å². The van der Waals surface area contributed by atoms with Gasteiger partial charge in [-0.2, -0.15) is 0 Å². The molecule has 0 amide bonds. The Balaban J connectivity index is 2.19. The van der Waals surface area contributed by atoms with E-state index >= 15 is 0 Å². The van der Waals surface area contributed by atoms with Crippen molar-refractivity contribution >= 4 is 5.97 Å². The van der Waals surface area contributed by atoms with Crippen molar-refractivity contribution in [1.29, 1.82) is 0 Å². The highest BCUT2D eigenvalue weighted by atomic mass is 16.5. The molecular weight excluding hydrogens is 204 g/mol. The molecular formula is C12H10N2O2. The molecule has 0 saturated heterocycles. The van der Waals surface area contributed by atoms with Gasteiger partial charge in [-0.25, -0.2) is 9.78 Å². The molecule has 16 heavy (non-hydrogen) atoms. The summed E-state index contributed by atoms with van der Waals surface area (Å²) in [5, 5.41) is 0. The van der Waals surface area contributed by atoms with Crippen molar-refractivity contribution in [2.75, 3.05) is 0 Å². The van der Waals surface area contributed by atoms with Gasteiger partial charge in [0, 0.05) is 12.4 Å². The predicted molar refractivity (Wildman–Crippen MR) is 58.2 cm³/mol. The molecule has 80 valence electrons. The van der Waals surface area contributed by atoms with Gasteiger partial charge in [0.2, 0.25) is 5.88 Å². The van der Waals surface area contributed by atoms with Gasteiger partial charge in [-0.15, -0.1) is 0 Å². The Labute approximate surface area is 92.9 Å². The highest BCUT2D eigenvalue weighted by Gasteiger charge is 2.11. The van der Waals surface area contributed by atoms with Crippen LogP contribution in [0.5, 0.6) is 5.88 Å². The van der Waals surface area contributed by atoms with Gasteiger partial charge < -0.3 is 4.74 Å². The van der Waals surface area contributed by atoms with Gasteiger partial charge in [-0.05, 0) is 18.6 Å². The van der Waals surface area contributed by atoms with E-state index in [0.717, 1.165) is 5.56 Å². The van der Waals surface area contributed by atoms with Crippen molar-refractivity contribution in [3.63, 3.8) is 0 Å². The minimum absolute atomic E-state index is 0.204. The number of benzene rings is 1. The predicted octanol–water partition coefficient (Wildman–Crippen LogP) is 2.00. The summed E-state index contributed by atoms with van der Waals surface area (Å²) in [4.78, 5) is 19.4. The van der Waals surface area contributed by atoms with Crippen LogP contribution in [0.3, 0.4) is 0 Å². The lowest BCUT2D eigenvalue weighted by molar-refractivity contribution is 0.0726. The molecule has 2 rings (SSSR count). The molecule has 4 heteroatoms. The van der Waals surface area contributed by atoms with Crippen LogP contribution in [0.2, 0.25) is 0 Å². The molecule has 0 radical (unpaired) electrons. The van der Waals surface area contributed by atoms with Crippen LogP contribution < -0.4 is 4.74 Å². The Bertz CT molecular complexity index is 497. The van der Waals surface area contributed by atoms with Crippen molar-refractivity contribution in [2.24, 2.45) is 0 Å². The van der Waals surface area contributed by atoms with Crippen LogP contribution >= 0.6 is 0 Å². The zero-order valence-corrected chi connectivity index (χ0v) is 8.75. The zero-order chi connectivity index (χ0) is 11.4. The molecule has 1 aromatic carbocycles. The molecule has 0 aliphatic heterocycles. The van der Waals surface area contributed by atoms with E-state index in [1.165, 1.54) is 18.6 Å². The molecule has 4 nitrogen and oxygen atoms in total. The van der Waals surface area contributed by atoms with E-state index in [0.29, 0.717) is 5.56 Å². The van der Waals surface area contributed by atoms with E-state index in [-0.39, 0.29) is 5.88 Å². The van der Waals surface area contributed by atoms with Crippen LogP contribution in [0, 0.1) is 6.92 Å². The van der Waals surface area contributed by atoms with E-state index in [4.69, 9.17) is 4.74 Å². The van der Waals surface area contributed by atoms with Gasteiger partial charge in [0.25, 0.3) is 0 Å². The van der Waals surface area contributed by atoms with Crippen molar-refractivity contribution in [3.05, 3.63) is 54.0 Å². The van der Waals surface area contributed by atoms with Gasteiger partial charge in [0.05, 0.1) is 11.8 Å². The summed E-state index contributed by atoms with van der Waals surface area (Å²) in [6, 6.07) is 7.23. The molecule has 0 aliphatic carbocycles. The lowest BCUT2D eigenvalue weighted by Crippen LogP contribution is -2.10. The third-order valence-corrected chi connectivity index (χ3v) is 2.10. The van der Waals surface area contributed by atoms with E-state index < -0.39 is 5.97 Å². The number of aryl methyl sites for hydroxylation is 1. The first-order valence-corrected chi connectivity index (χ1v) is 4.81. The number of nitrogens with zero attached hydrogens (tertiary/aromatic N) is 2. The molecule has 0 atom stereocenters. The van der Waals surface area contributed by atoms with Gasteiger partial charge in [-0.1, -0.05) is 18.2 Å². The maximum Gasteiger partial charge on any atom is 0.345 e. The number of rotatable bonds is 2. The Hall–Kier alpha value is -2.23. The summed E-state index contributed by atoms with van der Waals surface area (Å²) in [7, 11) is 0. The second-order valence-corrected chi connectivity index (χ2v) is 3.25. The number of hydrogen-bond donors (Lipinski definition) is 0. The standard InChI is InChI=1S/C12H10N2O2/c1-9-4-2-3-5-10(9)12(15)16-11-8-13-6-7-14-11/h2-8H,1H3. The summed E-state index contributed by atoms with van der Waals surface area (Å²) in [6.07, 6.45) is 4.39. The zero-order valence-electron chi connectivity index (χ0n) is 8.75. The molecule has 0 N–H and O–H groups in total. The fourth-order valence-corrected chi connectivity index (χ4v) is 1.29. The van der Waals surface area contributed by atoms with Gasteiger partial charge in [-0.3, -0.25) is 4.98 Å². The van der Waals surface area contributed by atoms with E-state index in [9.17, 15) is 4.79 Å². The molecule has 1 aromatic heterocycles. The molecule has 0 unspecified atom stereocenters. The maximum absolute atomic E-state index is 11.7. The van der Waals surface area contributed by atoms with Gasteiger partial charge in [0.1, 0.15) is 0 Å². The Kier molecular flexibility index (Phi) is 2.91. The quantitative estimate of drug-likeness (QED) is 0.717. The first kappa shape index (κ1) is 10.3. The molecule has 0 saturated carbocycles. The van der Waals surface area contributed by atoms with Crippen molar-refractivity contribution in [3.8, 4) is 5.88 Å². The second kappa shape index (κ2) is 4.53. The third-order valence-electron chi connectivity index (χ3n) is 2.10. The number of carbonyl (C=O) groups is 1. The number of aromatic nitrogens is 2. The lowest BCUT2D eigenvalue weighted by Gasteiger charge is -2.04. The van der Waals surface area contributed by atoms with Crippen LogP contribution in [0.4, 0.5) is 0 Å². The maximum atomic E-state index is 11.7. The molecule has 2 aromatic rings. The number of carbonyl (C=O) groups excluding carboxylic acids is 1. The summed E-state index contributed by atoms with van der Waals surface area (Å²) in [5.74, 6) is -0.214. The highest BCUT2D eigenvalue weighted by Crippen LogP contribution is 2.10. The Morgan fingerprint density at radius 2 is 2.06 bits per heavy atom. The average molecular weight is 214 g/mol. The van der Waals surface area contributed by atoms with Gasteiger partial charge >= 0.3 is 5.97 Å². The average Bonchev–Trinajstić information content (AvgIpc) is 2.31. The highest BCUT2D eigenvalue weighted by molar-refractivity contribution is 5.92. The first-order chi connectivity index (χ1) is 7.77. The van der Waals surface area contributed by atoms with E-state index in [1.807, 2.05) is 19.1 Å². The van der Waals surface area contributed by atoms with Crippen molar-refractivity contribution in [2.45, 2.75) is 6.92 Å². The number of ether oxygens (including phenoxy) is 1. The van der Waals surface area contributed by atoms with E-state index in [1.54, 1.807) is 12.1 Å². The summed E-state index contributed by atoms with van der Waals surface area (Å²) < 4.78 is 5.07. The molecule has 0 spiro atoms.